The highest BCUT2D eigenvalue weighted by atomic mass is 35.5. The molecule has 2 atom stereocenters. The fourth-order valence-electron chi connectivity index (χ4n) is 3.46. The van der Waals surface area contributed by atoms with Crippen LogP contribution in [-0.4, -0.2) is 42.4 Å². The summed E-state index contributed by atoms with van der Waals surface area (Å²) >= 11 is 0. The SMILES string of the molecule is CCCNC(=O)C1CCN(C(=O)C2CCCC(N)C2)CC1.Cl. The largest absolute Gasteiger partial charge is 0.356 e. The predicted octanol–water partition coefficient (Wildman–Crippen LogP) is 1.69. The number of piperidine rings is 1. The molecule has 0 spiro atoms. The van der Waals surface area contributed by atoms with E-state index in [0.717, 1.165) is 64.6 Å². The molecule has 128 valence electrons. The van der Waals surface area contributed by atoms with Gasteiger partial charge in [-0.1, -0.05) is 13.3 Å². The molecular formula is C16H30ClN3O2. The highest BCUT2D eigenvalue weighted by Gasteiger charge is 2.32. The summed E-state index contributed by atoms with van der Waals surface area (Å²) in [6.07, 6.45) is 6.46. The first-order valence-corrected chi connectivity index (χ1v) is 8.44. The van der Waals surface area contributed by atoms with Crippen LogP contribution in [0.3, 0.4) is 0 Å². The number of carbonyl (C=O) groups excluding carboxylic acids is 2. The lowest BCUT2D eigenvalue weighted by atomic mass is 9.84. The molecule has 1 heterocycles. The summed E-state index contributed by atoms with van der Waals surface area (Å²) in [5.74, 6) is 0.606. The molecule has 1 saturated carbocycles. The second kappa shape index (κ2) is 9.36. The quantitative estimate of drug-likeness (QED) is 0.823. The van der Waals surface area contributed by atoms with E-state index in [0.29, 0.717) is 0 Å². The molecule has 2 rings (SSSR count). The van der Waals surface area contributed by atoms with Gasteiger partial charge in [-0.25, -0.2) is 0 Å². The number of hydrogen-bond donors (Lipinski definition) is 2. The molecule has 1 aliphatic heterocycles. The van der Waals surface area contributed by atoms with Crippen molar-refractivity contribution < 1.29 is 9.59 Å². The van der Waals surface area contributed by atoms with Crippen LogP contribution in [-0.2, 0) is 9.59 Å². The Balaban J connectivity index is 0.00000242. The van der Waals surface area contributed by atoms with Crippen LogP contribution in [0.2, 0.25) is 0 Å². The maximum atomic E-state index is 12.5. The topological polar surface area (TPSA) is 75.4 Å². The van der Waals surface area contributed by atoms with E-state index >= 15 is 0 Å². The number of rotatable bonds is 4. The molecule has 6 heteroatoms. The van der Waals surface area contributed by atoms with Crippen molar-refractivity contribution in [1.82, 2.24) is 10.2 Å². The Labute approximate surface area is 139 Å². The monoisotopic (exact) mass is 331 g/mol. The van der Waals surface area contributed by atoms with Crippen molar-refractivity contribution in [3.63, 3.8) is 0 Å². The van der Waals surface area contributed by atoms with Gasteiger partial charge in [0.2, 0.25) is 11.8 Å². The molecule has 0 radical (unpaired) electrons. The van der Waals surface area contributed by atoms with Crippen LogP contribution in [0.15, 0.2) is 0 Å². The third-order valence-electron chi connectivity index (χ3n) is 4.79. The summed E-state index contributed by atoms with van der Waals surface area (Å²) in [6, 6.07) is 0.185. The van der Waals surface area contributed by atoms with E-state index in [-0.39, 0.29) is 42.1 Å². The van der Waals surface area contributed by atoms with E-state index < -0.39 is 0 Å². The number of amides is 2. The Morgan fingerprint density at radius 1 is 1.14 bits per heavy atom. The molecule has 0 bridgehead atoms. The van der Waals surface area contributed by atoms with Gasteiger partial charge in [0.1, 0.15) is 0 Å². The minimum absolute atomic E-state index is 0. The van der Waals surface area contributed by atoms with Crippen LogP contribution in [0.1, 0.15) is 51.9 Å². The van der Waals surface area contributed by atoms with Crippen LogP contribution in [0.5, 0.6) is 0 Å². The Bertz CT molecular complexity index is 370. The van der Waals surface area contributed by atoms with Gasteiger partial charge in [0, 0.05) is 37.5 Å². The summed E-state index contributed by atoms with van der Waals surface area (Å²) in [5.41, 5.74) is 5.98. The number of carbonyl (C=O) groups is 2. The van der Waals surface area contributed by atoms with Crippen LogP contribution >= 0.6 is 12.4 Å². The first-order valence-electron chi connectivity index (χ1n) is 8.44. The van der Waals surface area contributed by atoms with Gasteiger partial charge in [0.05, 0.1) is 0 Å². The normalized spacial score (nSPS) is 26.2. The van der Waals surface area contributed by atoms with Crippen molar-refractivity contribution in [3.05, 3.63) is 0 Å². The summed E-state index contributed by atoms with van der Waals surface area (Å²) in [6.45, 7) is 4.23. The van der Waals surface area contributed by atoms with E-state index in [2.05, 4.69) is 12.2 Å². The van der Waals surface area contributed by atoms with Crippen LogP contribution in [0.25, 0.3) is 0 Å². The number of hydrogen-bond acceptors (Lipinski definition) is 3. The fourth-order valence-corrected chi connectivity index (χ4v) is 3.46. The number of likely N-dealkylation sites (tertiary alicyclic amines) is 1. The summed E-state index contributed by atoms with van der Waals surface area (Å²) in [4.78, 5) is 26.4. The van der Waals surface area contributed by atoms with E-state index in [1.54, 1.807) is 0 Å². The van der Waals surface area contributed by atoms with Crippen molar-refractivity contribution in [2.24, 2.45) is 17.6 Å². The smallest absolute Gasteiger partial charge is 0.225 e. The van der Waals surface area contributed by atoms with E-state index in [4.69, 9.17) is 5.73 Å². The second-order valence-corrected chi connectivity index (χ2v) is 6.51. The van der Waals surface area contributed by atoms with Crippen molar-refractivity contribution in [1.29, 1.82) is 0 Å². The van der Waals surface area contributed by atoms with Crippen molar-refractivity contribution in [2.45, 2.75) is 57.9 Å². The van der Waals surface area contributed by atoms with Gasteiger partial charge < -0.3 is 16.0 Å². The molecule has 1 aliphatic carbocycles. The Hall–Kier alpha value is -0.810. The molecule has 3 N–H and O–H groups in total. The van der Waals surface area contributed by atoms with E-state index in [1.165, 1.54) is 0 Å². The summed E-state index contributed by atoms with van der Waals surface area (Å²) in [5, 5.41) is 2.96. The van der Waals surface area contributed by atoms with Crippen LogP contribution in [0.4, 0.5) is 0 Å². The molecule has 22 heavy (non-hydrogen) atoms. The van der Waals surface area contributed by atoms with E-state index in [9.17, 15) is 9.59 Å². The van der Waals surface area contributed by atoms with Gasteiger partial charge in [-0.3, -0.25) is 9.59 Å². The molecular weight excluding hydrogens is 302 g/mol. The zero-order valence-corrected chi connectivity index (χ0v) is 14.4. The minimum Gasteiger partial charge on any atom is -0.356 e. The lowest BCUT2D eigenvalue weighted by molar-refractivity contribution is -0.140. The zero-order chi connectivity index (χ0) is 15.2. The molecule has 5 nitrogen and oxygen atoms in total. The number of nitrogens with one attached hydrogen (secondary N) is 1. The lowest BCUT2D eigenvalue weighted by Gasteiger charge is -2.35. The van der Waals surface area contributed by atoms with Gasteiger partial charge in [0.25, 0.3) is 0 Å². The molecule has 1 saturated heterocycles. The lowest BCUT2D eigenvalue weighted by Crippen LogP contribution is -2.46. The molecule has 2 fully saturated rings. The van der Waals surface area contributed by atoms with E-state index in [1.807, 2.05) is 4.90 Å². The van der Waals surface area contributed by atoms with Gasteiger partial charge in [-0.15, -0.1) is 12.4 Å². The number of halogens is 1. The molecule has 0 aromatic rings. The Morgan fingerprint density at radius 3 is 2.41 bits per heavy atom. The maximum absolute atomic E-state index is 12.5. The molecule has 2 amide bonds. The zero-order valence-electron chi connectivity index (χ0n) is 13.6. The second-order valence-electron chi connectivity index (χ2n) is 6.51. The average molecular weight is 332 g/mol. The summed E-state index contributed by atoms with van der Waals surface area (Å²) in [7, 11) is 0. The molecule has 2 aliphatic rings. The van der Waals surface area contributed by atoms with Crippen LogP contribution < -0.4 is 11.1 Å². The van der Waals surface area contributed by atoms with Crippen molar-refractivity contribution >= 4 is 24.2 Å². The number of nitrogens with two attached hydrogens (primary N) is 1. The van der Waals surface area contributed by atoms with Crippen molar-refractivity contribution in [2.75, 3.05) is 19.6 Å². The van der Waals surface area contributed by atoms with Gasteiger partial charge >= 0.3 is 0 Å². The first-order chi connectivity index (χ1) is 10.1. The fraction of sp³-hybridized carbons (Fsp3) is 0.875. The Morgan fingerprint density at radius 2 is 1.82 bits per heavy atom. The highest BCUT2D eigenvalue weighted by molar-refractivity contribution is 5.85. The molecule has 0 aromatic heterocycles. The average Bonchev–Trinajstić information content (AvgIpc) is 2.52. The Kier molecular flexibility index (Phi) is 8.18. The van der Waals surface area contributed by atoms with Gasteiger partial charge in [0.15, 0.2) is 0 Å². The van der Waals surface area contributed by atoms with Gasteiger partial charge in [-0.2, -0.15) is 0 Å². The van der Waals surface area contributed by atoms with Crippen LogP contribution in [0, 0.1) is 11.8 Å². The molecule has 0 aromatic carbocycles. The predicted molar refractivity (Wildman–Crippen MR) is 89.8 cm³/mol. The standard InChI is InChI=1S/C16H29N3O2.ClH/c1-2-8-18-15(20)12-6-9-19(10-7-12)16(21)13-4-3-5-14(17)11-13;/h12-14H,2-11,17H2,1H3,(H,18,20);1H. The minimum atomic E-state index is 0. The third kappa shape index (κ3) is 5.13. The van der Waals surface area contributed by atoms with Gasteiger partial charge in [-0.05, 0) is 38.5 Å². The van der Waals surface area contributed by atoms with Crippen molar-refractivity contribution in [3.8, 4) is 0 Å². The highest BCUT2D eigenvalue weighted by Crippen LogP contribution is 2.27. The third-order valence-corrected chi connectivity index (χ3v) is 4.79. The molecule has 2 unspecified atom stereocenters. The number of nitrogens with zero attached hydrogens (tertiary/aromatic N) is 1. The maximum Gasteiger partial charge on any atom is 0.225 e. The first kappa shape index (κ1) is 19.2. The summed E-state index contributed by atoms with van der Waals surface area (Å²) < 4.78 is 0.